The van der Waals surface area contributed by atoms with Crippen molar-refractivity contribution in [3.05, 3.63) is 57.2 Å². The highest BCUT2D eigenvalue weighted by atomic mass is 16.5. The van der Waals surface area contributed by atoms with Gasteiger partial charge in [-0.05, 0) is 118 Å². The van der Waals surface area contributed by atoms with Crippen molar-refractivity contribution in [2.75, 3.05) is 13.8 Å². The van der Waals surface area contributed by atoms with E-state index < -0.39 is 0 Å². The SMILES string of the molecule is CC(C)=CCC/C(C)=C/CC/C(C)=C/CC[C@]1(C)CCc2c3c(c(C)c(C)c2O1)OCN(C)C3. The normalized spacial score (nSPS) is 20.8. The van der Waals surface area contributed by atoms with Crippen LogP contribution in [-0.2, 0) is 13.0 Å². The van der Waals surface area contributed by atoms with E-state index in [9.17, 15) is 0 Å². The summed E-state index contributed by atoms with van der Waals surface area (Å²) in [5, 5.41) is 0. The molecule has 0 saturated carbocycles. The number of allylic oxidation sites excluding steroid dienone is 6. The zero-order valence-corrected chi connectivity index (χ0v) is 23.1. The molecule has 2 aliphatic rings. The van der Waals surface area contributed by atoms with Gasteiger partial charge >= 0.3 is 0 Å². The summed E-state index contributed by atoms with van der Waals surface area (Å²) in [5.74, 6) is 2.22. The Morgan fingerprint density at radius 1 is 0.882 bits per heavy atom. The molecule has 2 aliphatic heterocycles. The Morgan fingerprint density at radius 2 is 1.50 bits per heavy atom. The molecule has 3 nitrogen and oxygen atoms in total. The standard InChI is InChI=1S/C31H47NO2/c1-22(2)12-9-13-23(3)14-10-15-24(4)16-11-18-31(7)19-17-27-28-20-32(8)21-33-29(28)25(5)26(6)30(27)34-31/h12,14,16H,9-11,13,15,17-21H2,1-8H3/b23-14+,24-16+/t31-/m1/s1. The second kappa shape index (κ2) is 11.6. The molecule has 0 spiro atoms. The summed E-state index contributed by atoms with van der Waals surface area (Å²) in [6.45, 7) is 17.2. The summed E-state index contributed by atoms with van der Waals surface area (Å²) in [7, 11) is 2.12. The van der Waals surface area contributed by atoms with Crippen LogP contribution in [0, 0.1) is 13.8 Å². The minimum Gasteiger partial charge on any atom is -0.487 e. The fourth-order valence-corrected chi connectivity index (χ4v) is 5.15. The molecular formula is C31H47NO2. The number of nitrogens with zero attached hydrogens (tertiary/aromatic N) is 1. The van der Waals surface area contributed by atoms with E-state index in [-0.39, 0.29) is 5.60 Å². The molecule has 0 N–H and O–H groups in total. The van der Waals surface area contributed by atoms with Crippen molar-refractivity contribution in [3.63, 3.8) is 0 Å². The average molecular weight is 466 g/mol. The maximum atomic E-state index is 6.76. The van der Waals surface area contributed by atoms with E-state index in [1.54, 1.807) is 0 Å². The van der Waals surface area contributed by atoms with Crippen molar-refractivity contribution in [1.29, 1.82) is 0 Å². The average Bonchev–Trinajstić information content (AvgIpc) is 2.77. The third-order valence-corrected chi connectivity index (χ3v) is 7.55. The quantitative estimate of drug-likeness (QED) is 0.342. The van der Waals surface area contributed by atoms with Crippen LogP contribution in [0.25, 0.3) is 0 Å². The lowest BCUT2D eigenvalue weighted by Gasteiger charge is -2.40. The molecule has 1 aromatic carbocycles. The third kappa shape index (κ3) is 6.78. The van der Waals surface area contributed by atoms with Crippen LogP contribution in [0.15, 0.2) is 34.9 Å². The lowest BCUT2D eigenvalue weighted by Crippen LogP contribution is -2.38. The van der Waals surface area contributed by atoms with Crippen molar-refractivity contribution in [2.45, 2.75) is 112 Å². The maximum absolute atomic E-state index is 6.76. The highest BCUT2D eigenvalue weighted by molar-refractivity contribution is 5.60. The lowest BCUT2D eigenvalue weighted by molar-refractivity contribution is 0.0536. The Kier molecular flexibility index (Phi) is 9.09. The molecule has 0 aliphatic carbocycles. The van der Waals surface area contributed by atoms with Gasteiger partial charge in [-0.2, -0.15) is 0 Å². The molecule has 0 aromatic heterocycles. The van der Waals surface area contributed by atoms with Crippen molar-refractivity contribution in [3.8, 4) is 11.5 Å². The monoisotopic (exact) mass is 465 g/mol. The van der Waals surface area contributed by atoms with Gasteiger partial charge in [-0.3, -0.25) is 4.90 Å². The molecule has 0 bridgehead atoms. The number of fused-ring (bicyclic) bond motifs is 3. The second-order valence-electron chi connectivity index (χ2n) is 11.2. The summed E-state index contributed by atoms with van der Waals surface area (Å²) < 4.78 is 12.9. The van der Waals surface area contributed by atoms with Gasteiger partial charge in [-0.25, -0.2) is 0 Å². The topological polar surface area (TPSA) is 21.7 Å². The van der Waals surface area contributed by atoms with Crippen molar-refractivity contribution in [2.24, 2.45) is 0 Å². The number of ether oxygens (including phenoxy) is 2. The zero-order chi connectivity index (χ0) is 24.9. The first-order valence-electron chi connectivity index (χ1n) is 13.2. The van der Waals surface area contributed by atoms with Gasteiger partial charge < -0.3 is 9.47 Å². The molecule has 1 atom stereocenters. The summed E-state index contributed by atoms with van der Waals surface area (Å²) in [5.41, 5.74) is 9.53. The van der Waals surface area contributed by atoms with Crippen LogP contribution in [0.1, 0.15) is 102 Å². The zero-order valence-electron chi connectivity index (χ0n) is 23.1. The van der Waals surface area contributed by atoms with E-state index in [1.807, 2.05) is 0 Å². The maximum Gasteiger partial charge on any atom is 0.142 e. The molecule has 0 unspecified atom stereocenters. The van der Waals surface area contributed by atoms with Gasteiger partial charge in [0, 0.05) is 17.7 Å². The molecule has 3 heteroatoms. The molecule has 1 aromatic rings. The predicted octanol–water partition coefficient (Wildman–Crippen LogP) is 8.37. The third-order valence-electron chi connectivity index (χ3n) is 7.55. The van der Waals surface area contributed by atoms with Gasteiger partial charge in [0.1, 0.15) is 23.8 Å². The van der Waals surface area contributed by atoms with E-state index in [4.69, 9.17) is 9.47 Å². The van der Waals surface area contributed by atoms with E-state index in [0.717, 1.165) is 63.0 Å². The molecule has 0 fully saturated rings. The molecule has 0 amide bonds. The Bertz CT molecular complexity index is 964. The fourth-order valence-electron chi connectivity index (χ4n) is 5.15. The number of rotatable bonds is 9. The fraction of sp³-hybridized carbons (Fsp3) is 0.613. The molecule has 3 rings (SSSR count). The molecule has 188 valence electrons. The van der Waals surface area contributed by atoms with E-state index >= 15 is 0 Å². The highest BCUT2D eigenvalue weighted by Gasteiger charge is 2.36. The lowest BCUT2D eigenvalue weighted by atomic mass is 9.84. The van der Waals surface area contributed by atoms with Crippen LogP contribution < -0.4 is 9.47 Å². The molecule has 34 heavy (non-hydrogen) atoms. The van der Waals surface area contributed by atoms with E-state index in [0.29, 0.717) is 6.73 Å². The summed E-state index contributed by atoms with van der Waals surface area (Å²) in [4.78, 5) is 2.23. The number of benzene rings is 1. The van der Waals surface area contributed by atoms with Crippen LogP contribution in [0.2, 0.25) is 0 Å². The summed E-state index contributed by atoms with van der Waals surface area (Å²) in [6, 6.07) is 0. The Hall–Kier alpha value is -2.00. The highest BCUT2D eigenvalue weighted by Crippen LogP contribution is 2.46. The van der Waals surface area contributed by atoms with Crippen molar-refractivity contribution in [1.82, 2.24) is 4.90 Å². The van der Waals surface area contributed by atoms with Crippen LogP contribution in [0.4, 0.5) is 0 Å². The first-order valence-corrected chi connectivity index (χ1v) is 13.2. The van der Waals surface area contributed by atoms with Gasteiger partial charge in [0.25, 0.3) is 0 Å². The predicted molar refractivity (Wildman–Crippen MR) is 145 cm³/mol. The minimum absolute atomic E-state index is 0.0991. The second-order valence-corrected chi connectivity index (χ2v) is 11.2. The number of hydrogen-bond donors (Lipinski definition) is 0. The van der Waals surface area contributed by atoms with Crippen molar-refractivity contribution >= 4 is 0 Å². The van der Waals surface area contributed by atoms with Crippen LogP contribution in [-0.4, -0.2) is 24.3 Å². The Labute approximate surface area is 208 Å². The van der Waals surface area contributed by atoms with Crippen LogP contribution in [0.3, 0.4) is 0 Å². The summed E-state index contributed by atoms with van der Waals surface area (Å²) in [6.07, 6.45) is 16.1. The molecular weight excluding hydrogens is 418 g/mol. The van der Waals surface area contributed by atoms with Gasteiger partial charge in [0.05, 0.1) is 0 Å². The van der Waals surface area contributed by atoms with Crippen molar-refractivity contribution < 1.29 is 9.47 Å². The Balaban J connectivity index is 1.56. The van der Waals surface area contributed by atoms with E-state index in [2.05, 4.69) is 78.6 Å². The largest absolute Gasteiger partial charge is 0.487 e. The first-order chi connectivity index (χ1) is 16.1. The Morgan fingerprint density at radius 3 is 2.18 bits per heavy atom. The molecule has 0 saturated heterocycles. The van der Waals surface area contributed by atoms with Gasteiger partial charge in [0.15, 0.2) is 0 Å². The van der Waals surface area contributed by atoms with E-state index in [1.165, 1.54) is 45.4 Å². The smallest absolute Gasteiger partial charge is 0.142 e. The minimum atomic E-state index is -0.0991. The first kappa shape index (κ1) is 26.6. The van der Waals surface area contributed by atoms with Gasteiger partial charge in [-0.15, -0.1) is 0 Å². The van der Waals surface area contributed by atoms with Gasteiger partial charge in [-0.1, -0.05) is 34.9 Å². The number of hydrogen-bond acceptors (Lipinski definition) is 3. The van der Waals surface area contributed by atoms with Crippen LogP contribution >= 0.6 is 0 Å². The summed E-state index contributed by atoms with van der Waals surface area (Å²) >= 11 is 0. The van der Waals surface area contributed by atoms with Crippen LogP contribution in [0.5, 0.6) is 11.5 Å². The molecule has 0 radical (unpaired) electrons. The molecule has 2 heterocycles. The van der Waals surface area contributed by atoms with Gasteiger partial charge in [0.2, 0.25) is 0 Å².